The van der Waals surface area contributed by atoms with E-state index in [4.69, 9.17) is 4.74 Å². The van der Waals surface area contributed by atoms with Crippen LogP contribution in [0.15, 0.2) is 54.6 Å². The first kappa shape index (κ1) is 13.7. The fourth-order valence-electron chi connectivity index (χ4n) is 2.55. The zero-order chi connectivity index (χ0) is 14.7. The second-order valence-corrected chi connectivity index (χ2v) is 5.43. The predicted octanol–water partition coefficient (Wildman–Crippen LogP) is 3.58. The van der Waals surface area contributed by atoms with Crippen LogP contribution in [0.2, 0.25) is 0 Å². The average Bonchev–Trinajstić information content (AvgIpc) is 3.38. The molecule has 1 aliphatic carbocycles. The summed E-state index contributed by atoms with van der Waals surface area (Å²) in [5.41, 5.74) is 1.81. The molecular formula is C18H19NO2. The van der Waals surface area contributed by atoms with Crippen LogP contribution < -0.4 is 10.1 Å². The van der Waals surface area contributed by atoms with Crippen LogP contribution in [0.1, 0.15) is 34.8 Å². The normalized spacial score (nSPS) is 15.3. The van der Waals surface area contributed by atoms with Crippen LogP contribution in [0.4, 0.5) is 0 Å². The second kappa shape index (κ2) is 6.00. The molecule has 0 radical (unpaired) electrons. The topological polar surface area (TPSA) is 38.3 Å². The second-order valence-electron chi connectivity index (χ2n) is 5.43. The van der Waals surface area contributed by atoms with Gasteiger partial charge in [0.1, 0.15) is 5.75 Å². The van der Waals surface area contributed by atoms with Gasteiger partial charge in [0.25, 0.3) is 5.91 Å². The number of rotatable bonds is 5. The smallest absolute Gasteiger partial charge is 0.251 e. The van der Waals surface area contributed by atoms with E-state index in [1.165, 1.54) is 18.4 Å². The summed E-state index contributed by atoms with van der Waals surface area (Å²) in [6.45, 7) is 0. The van der Waals surface area contributed by atoms with Crippen molar-refractivity contribution < 1.29 is 9.53 Å². The number of methoxy groups -OCH3 is 1. The van der Waals surface area contributed by atoms with E-state index in [9.17, 15) is 4.79 Å². The van der Waals surface area contributed by atoms with E-state index in [2.05, 4.69) is 17.4 Å². The fourth-order valence-corrected chi connectivity index (χ4v) is 2.55. The third-order valence-electron chi connectivity index (χ3n) is 3.87. The van der Waals surface area contributed by atoms with Crippen LogP contribution >= 0.6 is 0 Å². The van der Waals surface area contributed by atoms with Gasteiger partial charge in [-0.15, -0.1) is 0 Å². The van der Waals surface area contributed by atoms with Gasteiger partial charge in [0.2, 0.25) is 0 Å². The van der Waals surface area contributed by atoms with Crippen molar-refractivity contribution in [3.05, 3.63) is 65.7 Å². The maximum Gasteiger partial charge on any atom is 0.251 e. The lowest BCUT2D eigenvalue weighted by Crippen LogP contribution is -2.29. The minimum atomic E-state index is -0.0466. The third-order valence-corrected chi connectivity index (χ3v) is 3.87. The number of carbonyl (C=O) groups excluding carboxylic acids is 1. The molecule has 1 atom stereocenters. The van der Waals surface area contributed by atoms with Gasteiger partial charge in [-0.3, -0.25) is 4.79 Å². The zero-order valence-electron chi connectivity index (χ0n) is 12.1. The van der Waals surface area contributed by atoms with E-state index in [1.54, 1.807) is 13.2 Å². The van der Waals surface area contributed by atoms with Crippen molar-refractivity contribution in [1.82, 2.24) is 5.32 Å². The summed E-state index contributed by atoms with van der Waals surface area (Å²) in [6, 6.07) is 17.5. The summed E-state index contributed by atoms with van der Waals surface area (Å²) >= 11 is 0. The maximum atomic E-state index is 12.5. The highest BCUT2D eigenvalue weighted by molar-refractivity contribution is 5.94. The number of nitrogens with one attached hydrogen (secondary N) is 1. The molecule has 3 nitrogen and oxygen atoms in total. The Morgan fingerprint density at radius 2 is 1.90 bits per heavy atom. The quantitative estimate of drug-likeness (QED) is 0.909. The molecule has 0 aliphatic heterocycles. The molecule has 0 saturated heterocycles. The summed E-state index contributed by atoms with van der Waals surface area (Å²) < 4.78 is 5.17. The van der Waals surface area contributed by atoms with E-state index in [0.717, 1.165) is 0 Å². The van der Waals surface area contributed by atoms with Crippen molar-refractivity contribution in [3.8, 4) is 5.75 Å². The molecule has 2 aromatic rings. The monoisotopic (exact) mass is 281 g/mol. The predicted molar refractivity (Wildman–Crippen MR) is 82.4 cm³/mol. The molecule has 1 fully saturated rings. The fraction of sp³-hybridized carbons (Fsp3) is 0.278. The van der Waals surface area contributed by atoms with Crippen LogP contribution in [0.3, 0.4) is 0 Å². The lowest BCUT2D eigenvalue weighted by atomic mass is 10.0. The van der Waals surface area contributed by atoms with Gasteiger partial charge in [-0.25, -0.2) is 0 Å². The Hall–Kier alpha value is -2.29. The van der Waals surface area contributed by atoms with Gasteiger partial charge in [-0.1, -0.05) is 36.4 Å². The molecule has 1 aliphatic rings. The Morgan fingerprint density at radius 1 is 1.14 bits per heavy atom. The van der Waals surface area contributed by atoms with Crippen molar-refractivity contribution in [2.45, 2.75) is 18.9 Å². The van der Waals surface area contributed by atoms with Gasteiger partial charge in [-0.05, 0) is 42.5 Å². The van der Waals surface area contributed by atoms with Gasteiger partial charge in [0.15, 0.2) is 0 Å². The van der Waals surface area contributed by atoms with E-state index in [-0.39, 0.29) is 11.9 Å². The van der Waals surface area contributed by atoms with Gasteiger partial charge in [0, 0.05) is 5.56 Å². The Balaban J connectivity index is 1.78. The van der Waals surface area contributed by atoms with E-state index >= 15 is 0 Å². The van der Waals surface area contributed by atoms with E-state index in [1.807, 2.05) is 36.4 Å². The van der Waals surface area contributed by atoms with Gasteiger partial charge in [0.05, 0.1) is 13.2 Å². The SMILES string of the molecule is COc1cccc(C(=O)N[C@H](c2ccccc2)C2CC2)c1. The zero-order valence-corrected chi connectivity index (χ0v) is 12.1. The Bertz CT molecular complexity index is 620. The van der Waals surface area contributed by atoms with E-state index < -0.39 is 0 Å². The first-order valence-corrected chi connectivity index (χ1v) is 7.28. The number of amides is 1. The minimum Gasteiger partial charge on any atom is -0.497 e. The summed E-state index contributed by atoms with van der Waals surface area (Å²) in [6.07, 6.45) is 2.36. The highest BCUT2D eigenvalue weighted by atomic mass is 16.5. The highest BCUT2D eigenvalue weighted by Gasteiger charge is 2.33. The van der Waals surface area contributed by atoms with Gasteiger partial charge in [-0.2, -0.15) is 0 Å². The molecule has 1 N–H and O–H groups in total. The molecule has 3 rings (SSSR count). The van der Waals surface area contributed by atoms with Gasteiger partial charge >= 0.3 is 0 Å². The summed E-state index contributed by atoms with van der Waals surface area (Å²) in [5, 5.41) is 3.17. The number of ether oxygens (including phenoxy) is 1. The van der Waals surface area contributed by atoms with Crippen LogP contribution in [0, 0.1) is 5.92 Å². The summed E-state index contributed by atoms with van der Waals surface area (Å²) in [5.74, 6) is 1.21. The molecule has 1 amide bonds. The molecule has 3 heteroatoms. The van der Waals surface area contributed by atoms with Crippen LogP contribution in [-0.2, 0) is 0 Å². The van der Waals surface area contributed by atoms with Gasteiger partial charge < -0.3 is 10.1 Å². The average molecular weight is 281 g/mol. The molecule has 1 saturated carbocycles. The van der Waals surface area contributed by atoms with Crippen LogP contribution in [0.5, 0.6) is 5.75 Å². The molecule has 2 aromatic carbocycles. The molecule has 21 heavy (non-hydrogen) atoms. The summed E-state index contributed by atoms with van der Waals surface area (Å²) in [4.78, 5) is 12.5. The molecule has 0 aromatic heterocycles. The number of carbonyl (C=O) groups is 1. The molecular weight excluding hydrogens is 262 g/mol. The summed E-state index contributed by atoms with van der Waals surface area (Å²) in [7, 11) is 1.61. The van der Waals surface area contributed by atoms with E-state index in [0.29, 0.717) is 17.2 Å². The lowest BCUT2D eigenvalue weighted by Gasteiger charge is -2.19. The molecule has 0 spiro atoms. The largest absolute Gasteiger partial charge is 0.497 e. The first-order chi connectivity index (χ1) is 10.3. The van der Waals surface area contributed by atoms with Crippen molar-refractivity contribution in [2.24, 2.45) is 5.92 Å². The Morgan fingerprint density at radius 3 is 2.57 bits per heavy atom. The minimum absolute atomic E-state index is 0.0466. The van der Waals surface area contributed by atoms with Crippen molar-refractivity contribution in [3.63, 3.8) is 0 Å². The van der Waals surface area contributed by atoms with Crippen molar-refractivity contribution in [1.29, 1.82) is 0 Å². The van der Waals surface area contributed by atoms with Crippen molar-refractivity contribution >= 4 is 5.91 Å². The van der Waals surface area contributed by atoms with Crippen molar-refractivity contribution in [2.75, 3.05) is 7.11 Å². The van der Waals surface area contributed by atoms with Crippen LogP contribution in [0.25, 0.3) is 0 Å². The molecule has 108 valence electrons. The molecule has 0 unspecified atom stereocenters. The first-order valence-electron chi connectivity index (χ1n) is 7.28. The number of hydrogen-bond donors (Lipinski definition) is 1. The molecule has 0 bridgehead atoms. The number of benzene rings is 2. The maximum absolute atomic E-state index is 12.5. The lowest BCUT2D eigenvalue weighted by molar-refractivity contribution is 0.0931. The highest BCUT2D eigenvalue weighted by Crippen LogP contribution is 2.41. The Kier molecular flexibility index (Phi) is 3.91. The number of hydrogen-bond acceptors (Lipinski definition) is 2. The standard InChI is InChI=1S/C18H19NO2/c1-21-16-9-5-8-15(12-16)18(20)19-17(14-10-11-14)13-6-3-2-4-7-13/h2-9,12,14,17H,10-11H2,1H3,(H,19,20)/t17-/m1/s1. The Labute approximate surface area is 124 Å². The van der Waals surface area contributed by atoms with Crippen LogP contribution in [-0.4, -0.2) is 13.0 Å². The third kappa shape index (κ3) is 3.24. The molecule has 0 heterocycles.